The predicted molar refractivity (Wildman–Crippen MR) is 71.3 cm³/mol. The van der Waals surface area contributed by atoms with Crippen LogP contribution in [0.25, 0.3) is 0 Å². The maximum atomic E-state index is 2.55. The van der Waals surface area contributed by atoms with Crippen LogP contribution in [0.2, 0.25) is 0 Å². The first kappa shape index (κ1) is 11.1. The Morgan fingerprint density at radius 1 is 0.882 bits per heavy atom. The Bertz CT molecular complexity index is 408. The van der Waals surface area contributed by atoms with Crippen LogP contribution in [0.15, 0.2) is 18.2 Å². The van der Waals surface area contributed by atoms with Crippen LogP contribution in [0.5, 0.6) is 0 Å². The van der Waals surface area contributed by atoms with Gasteiger partial charge >= 0.3 is 0 Å². The number of benzene rings is 1. The fraction of sp³-hybridized carbons (Fsp3) is 0.571. The number of hydrogen-bond donors (Lipinski definition) is 0. The fourth-order valence-corrected chi connectivity index (χ4v) is 2.91. The summed E-state index contributed by atoms with van der Waals surface area (Å²) >= 11 is 0. The lowest BCUT2D eigenvalue weighted by molar-refractivity contribution is 0.312. The van der Waals surface area contributed by atoms with Crippen LogP contribution in [0, 0.1) is 0 Å². The first-order chi connectivity index (χ1) is 8.24. The Morgan fingerprint density at radius 2 is 1.65 bits per heavy atom. The highest BCUT2D eigenvalue weighted by molar-refractivity contribution is 5.58. The van der Waals surface area contributed by atoms with E-state index in [1.807, 2.05) is 0 Å². The van der Waals surface area contributed by atoms with E-state index in [9.17, 15) is 0 Å². The van der Waals surface area contributed by atoms with Crippen LogP contribution in [0.3, 0.4) is 0 Å². The Morgan fingerprint density at radius 3 is 2.41 bits per heavy atom. The zero-order chi connectivity index (χ0) is 11.8. The number of likely N-dealkylation sites (N-methyl/N-ethyl adjacent to an activating group) is 1. The van der Waals surface area contributed by atoms with Crippen molar-refractivity contribution in [3.63, 3.8) is 0 Å². The number of nitrogens with zero attached hydrogens (tertiary/aromatic N) is 3. The molecule has 0 aliphatic carbocycles. The largest absolute Gasteiger partial charge is 0.369 e. The van der Waals surface area contributed by atoms with Crippen LogP contribution in [0.4, 0.5) is 5.69 Å². The number of hydrogen-bond acceptors (Lipinski definition) is 3. The third-order valence-corrected chi connectivity index (χ3v) is 3.96. The standard InChI is InChI=1S/C14H21N3/c1-15-6-8-17(9-7-15)14-5-3-4-12-10-16(2)11-13(12)14/h3-5H,6-11H2,1-2H3. The Kier molecular flexibility index (Phi) is 2.81. The highest BCUT2D eigenvalue weighted by Crippen LogP contribution is 2.31. The van der Waals surface area contributed by atoms with E-state index in [-0.39, 0.29) is 0 Å². The Hall–Kier alpha value is -1.06. The zero-order valence-corrected chi connectivity index (χ0v) is 10.8. The Balaban J connectivity index is 1.87. The average molecular weight is 231 g/mol. The third-order valence-electron chi connectivity index (χ3n) is 3.96. The van der Waals surface area contributed by atoms with Gasteiger partial charge in [-0.25, -0.2) is 0 Å². The van der Waals surface area contributed by atoms with Crippen molar-refractivity contribution in [1.82, 2.24) is 9.80 Å². The molecule has 0 amide bonds. The molecule has 0 bridgehead atoms. The molecule has 0 spiro atoms. The van der Waals surface area contributed by atoms with Crippen LogP contribution in [-0.2, 0) is 13.1 Å². The molecule has 0 N–H and O–H groups in total. The van der Waals surface area contributed by atoms with Crippen molar-refractivity contribution in [3.05, 3.63) is 29.3 Å². The van der Waals surface area contributed by atoms with Gasteiger partial charge in [-0.15, -0.1) is 0 Å². The molecule has 2 aliphatic heterocycles. The molecule has 0 radical (unpaired) electrons. The fourth-order valence-electron chi connectivity index (χ4n) is 2.91. The molecule has 0 unspecified atom stereocenters. The smallest absolute Gasteiger partial charge is 0.0416 e. The molecule has 0 saturated carbocycles. The lowest BCUT2D eigenvalue weighted by Gasteiger charge is -2.35. The minimum atomic E-state index is 1.11. The highest BCUT2D eigenvalue weighted by Gasteiger charge is 2.23. The van der Waals surface area contributed by atoms with E-state index in [0.29, 0.717) is 0 Å². The second kappa shape index (κ2) is 4.31. The molecule has 2 aliphatic rings. The van der Waals surface area contributed by atoms with E-state index >= 15 is 0 Å². The topological polar surface area (TPSA) is 9.72 Å². The minimum Gasteiger partial charge on any atom is -0.369 e. The minimum absolute atomic E-state index is 1.11. The maximum absolute atomic E-state index is 2.55. The summed E-state index contributed by atoms with van der Waals surface area (Å²) in [6, 6.07) is 6.79. The molecule has 1 aromatic carbocycles. The molecular formula is C14H21N3. The summed E-state index contributed by atoms with van der Waals surface area (Å²) in [5.74, 6) is 0. The number of rotatable bonds is 1. The summed E-state index contributed by atoms with van der Waals surface area (Å²) in [7, 11) is 4.41. The zero-order valence-electron chi connectivity index (χ0n) is 10.8. The first-order valence-corrected chi connectivity index (χ1v) is 6.47. The molecule has 0 atom stereocenters. The quantitative estimate of drug-likeness (QED) is 0.723. The van der Waals surface area contributed by atoms with Crippen molar-refractivity contribution in [2.45, 2.75) is 13.1 Å². The van der Waals surface area contributed by atoms with E-state index in [0.717, 1.165) is 26.2 Å². The SMILES string of the molecule is CN1CCN(c2cccc3c2CN(C)C3)CC1. The molecule has 1 fully saturated rings. The van der Waals surface area contributed by atoms with Crippen molar-refractivity contribution in [3.8, 4) is 0 Å². The van der Waals surface area contributed by atoms with Gasteiger partial charge in [0.15, 0.2) is 0 Å². The van der Waals surface area contributed by atoms with Crippen molar-refractivity contribution >= 4 is 5.69 Å². The van der Waals surface area contributed by atoms with Gasteiger partial charge in [-0.05, 0) is 31.3 Å². The van der Waals surface area contributed by atoms with E-state index in [1.54, 1.807) is 5.56 Å². The summed E-state index contributed by atoms with van der Waals surface area (Å²) in [6.45, 7) is 6.90. The Labute approximate surface area is 104 Å². The number of piperazine rings is 1. The molecule has 1 saturated heterocycles. The van der Waals surface area contributed by atoms with Crippen molar-refractivity contribution in [2.75, 3.05) is 45.2 Å². The summed E-state index contributed by atoms with van der Waals surface area (Å²) in [6.07, 6.45) is 0. The van der Waals surface area contributed by atoms with E-state index in [2.05, 4.69) is 47.0 Å². The van der Waals surface area contributed by atoms with E-state index in [4.69, 9.17) is 0 Å². The van der Waals surface area contributed by atoms with Crippen LogP contribution < -0.4 is 4.90 Å². The molecule has 3 rings (SSSR count). The molecule has 17 heavy (non-hydrogen) atoms. The monoisotopic (exact) mass is 231 g/mol. The predicted octanol–water partition coefficient (Wildman–Crippen LogP) is 1.38. The average Bonchev–Trinajstić information content (AvgIpc) is 2.70. The maximum Gasteiger partial charge on any atom is 0.0416 e. The van der Waals surface area contributed by atoms with Crippen molar-refractivity contribution in [1.29, 1.82) is 0 Å². The third kappa shape index (κ3) is 2.05. The van der Waals surface area contributed by atoms with Gasteiger partial charge in [0, 0.05) is 45.0 Å². The second-order valence-electron chi connectivity index (χ2n) is 5.38. The molecule has 3 nitrogen and oxygen atoms in total. The van der Waals surface area contributed by atoms with Crippen molar-refractivity contribution in [2.24, 2.45) is 0 Å². The van der Waals surface area contributed by atoms with Crippen LogP contribution in [-0.4, -0.2) is 50.1 Å². The number of fused-ring (bicyclic) bond motifs is 1. The first-order valence-electron chi connectivity index (χ1n) is 6.47. The molecule has 92 valence electrons. The van der Waals surface area contributed by atoms with Gasteiger partial charge in [0.1, 0.15) is 0 Å². The van der Waals surface area contributed by atoms with Crippen molar-refractivity contribution < 1.29 is 0 Å². The van der Waals surface area contributed by atoms with Gasteiger partial charge in [-0.2, -0.15) is 0 Å². The normalized spacial score (nSPS) is 21.9. The van der Waals surface area contributed by atoms with Gasteiger partial charge in [0.25, 0.3) is 0 Å². The molecule has 0 aromatic heterocycles. The van der Waals surface area contributed by atoms with Gasteiger partial charge in [0.05, 0.1) is 0 Å². The van der Waals surface area contributed by atoms with E-state index in [1.165, 1.54) is 24.3 Å². The van der Waals surface area contributed by atoms with Gasteiger partial charge in [0.2, 0.25) is 0 Å². The number of anilines is 1. The van der Waals surface area contributed by atoms with Gasteiger partial charge in [-0.3, -0.25) is 4.90 Å². The summed E-state index contributed by atoms with van der Waals surface area (Å²) < 4.78 is 0. The molecular weight excluding hydrogens is 210 g/mol. The summed E-state index contributed by atoms with van der Waals surface area (Å²) in [5.41, 5.74) is 4.54. The van der Waals surface area contributed by atoms with Crippen LogP contribution >= 0.6 is 0 Å². The highest BCUT2D eigenvalue weighted by atomic mass is 15.3. The lowest BCUT2D eigenvalue weighted by atomic mass is 10.1. The van der Waals surface area contributed by atoms with Crippen LogP contribution in [0.1, 0.15) is 11.1 Å². The summed E-state index contributed by atoms with van der Waals surface area (Å²) in [4.78, 5) is 7.36. The second-order valence-corrected chi connectivity index (χ2v) is 5.38. The molecule has 1 aromatic rings. The summed E-state index contributed by atoms with van der Waals surface area (Å²) in [5, 5.41) is 0. The molecule has 2 heterocycles. The van der Waals surface area contributed by atoms with E-state index < -0.39 is 0 Å². The molecule has 3 heteroatoms. The van der Waals surface area contributed by atoms with Gasteiger partial charge in [-0.1, -0.05) is 12.1 Å². The lowest BCUT2D eigenvalue weighted by Crippen LogP contribution is -2.44. The van der Waals surface area contributed by atoms with Gasteiger partial charge < -0.3 is 9.80 Å².